The molecule has 0 aromatic heterocycles. The van der Waals surface area contributed by atoms with Crippen LogP contribution in [0, 0.1) is 0 Å². The molecule has 17 heavy (non-hydrogen) atoms. The van der Waals surface area contributed by atoms with Gasteiger partial charge in [0.05, 0.1) is 18.0 Å². The maximum atomic E-state index is 11.8. The quantitative estimate of drug-likeness (QED) is 0.307. The number of hydrogen-bond donors (Lipinski definition) is 0. The van der Waals surface area contributed by atoms with E-state index in [-0.39, 0.29) is 12.5 Å². The van der Waals surface area contributed by atoms with Crippen molar-refractivity contribution in [3.8, 4) is 0 Å². The molecular weight excluding hydrogens is 268 g/mol. The first kappa shape index (κ1) is 12.4. The first-order valence-corrected chi connectivity index (χ1v) is 6.36. The minimum absolute atomic E-state index is 0.00734. The van der Waals surface area contributed by atoms with Crippen molar-refractivity contribution in [1.29, 1.82) is 0 Å². The zero-order valence-corrected chi connectivity index (χ0v) is 10.5. The number of ether oxygens (including phenoxy) is 1. The van der Waals surface area contributed by atoms with Crippen molar-refractivity contribution in [2.75, 3.05) is 12.5 Å². The van der Waals surface area contributed by atoms with Crippen molar-refractivity contribution in [3.05, 3.63) is 0 Å². The van der Waals surface area contributed by atoms with E-state index in [9.17, 15) is 14.4 Å². The molecular formula is C9H9ClN2O4S. The summed E-state index contributed by atoms with van der Waals surface area (Å²) in [5.41, 5.74) is 0.401. The Morgan fingerprint density at radius 2 is 2.41 bits per heavy atom. The summed E-state index contributed by atoms with van der Waals surface area (Å²) in [7, 11) is 0. The Balaban J connectivity index is 2.14. The predicted molar refractivity (Wildman–Crippen MR) is 61.8 cm³/mol. The molecule has 2 rings (SSSR count). The minimum atomic E-state index is -1.08. The van der Waals surface area contributed by atoms with Crippen LogP contribution >= 0.6 is 23.4 Å². The van der Waals surface area contributed by atoms with Crippen molar-refractivity contribution in [2.24, 2.45) is 4.99 Å². The molecule has 0 bridgehead atoms. The van der Waals surface area contributed by atoms with E-state index in [4.69, 9.17) is 11.6 Å². The van der Waals surface area contributed by atoms with Crippen molar-refractivity contribution >= 4 is 46.7 Å². The van der Waals surface area contributed by atoms with Gasteiger partial charge in [0.15, 0.2) is 5.54 Å². The van der Waals surface area contributed by atoms with Gasteiger partial charge in [0.2, 0.25) is 0 Å². The second kappa shape index (κ2) is 4.30. The van der Waals surface area contributed by atoms with Crippen LogP contribution in [0.5, 0.6) is 0 Å². The second-order valence-corrected chi connectivity index (χ2v) is 4.68. The van der Waals surface area contributed by atoms with Crippen LogP contribution in [0.2, 0.25) is 0 Å². The molecule has 0 spiro atoms. The molecule has 6 nitrogen and oxygen atoms in total. The van der Waals surface area contributed by atoms with E-state index in [1.54, 1.807) is 6.92 Å². The number of carbonyl (C=O) groups excluding carboxylic acids is 3. The smallest absolute Gasteiger partial charge is 0.397 e. The third-order valence-electron chi connectivity index (χ3n) is 2.58. The highest BCUT2D eigenvalue weighted by atomic mass is 35.5. The average Bonchev–Trinajstić information content (AvgIpc) is 2.69. The van der Waals surface area contributed by atoms with Crippen LogP contribution < -0.4 is 0 Å². The topological polar surface area (TPSA) is 76.0 Å². The first-order valence-electron chi connectivity index (χ1n) is 4.88. The SMILES string of the molecule is CCOC(=O)C(=O)N1C(=O)C2(CCl)N=CSC12. The number of β-lactam (4-membered cyclic amide) rings is 1. The number of thioether (sulfide) groups is 1. The Labute approximate surface area is 106 Å². The van der Waals surface area contributed by atoms with Crippen LogP contribution in [0.25, 0.3) is 0 Å². The highest BCUT2D eigenvalue weighted by molar-refractivity contribution is 8.13. The van der Waals surface area contributed by atoms with E-state index in [1.165, 1.54) is 17.3 Å². The molecule has 2 amide bonds. The zero-order valence-electron chi connectivity index (χ0n) is 8.88. The third-order valence-corrected chi connectivity index (χ3v) is 4.07. The molecule has 1 saturated heterocycles. The van der Waals surface area contributed by atoms with Crippen molar-refractivity contribution in [2.45, 2.75) is 17.8 Å². The predicted octanol–water partition coefficient (Wildman–Crippen LogP) is -0.00290. The Kier molecular flexibility index (Phi) is 3.13. The number of halogens is 1. The number of aliphatic imine (C=N–C) groups is 1. The molecule has 92 valence electrons. The summed E-state index contributed by atoms with van der Waals surface area (Å²) in [4.78, 5) is 39.6. The number of amides is 2. The lowest BCUT2D eigenvalue weighted by Gasteiger charge is -2.46. The lowest BCUT2D eigenvalue weighted by atomic mass is 9.91. The van der Waals surface area contributed by atoms with Gasteiger partial charge in [-0.05, 0) is 6.92 Å². The van der Waals surface area contributed by atoms with Crippen LogP contribution in [0.15, 0.2) is 4.99 Å². The van der Waals surface area contributed by atoms with Crippen molar-refractivity contribution < 1.29 is 19.1 Å². The van der Waals surface area contributed by atoms with Gasteiger partial charge < -0.3 is 4.74 Å². The molecule has 0 aromatic rings. The van der Waals surface area contributed by atoms with Crippen LogP contribution in [0.3, 0.4) is 0 Å². The molecule has 1 fully saturated rings. The third kappa shape index (κ3) is 1.56. The van der Waals surface area contributed by atoms with Gasteiger partial charge in [-0.25, -0.2) is 4.79 Å². The van der Waals surface area contributed by atoms with Gasteiger partial charge in [0, 0.05) is 0 Å². The van der Waals surface area contributed by atoms with Gasteiger partial charge in [-0.3, -0.25) is 19.5 Å². The number of nitrogens with zero attached hydrogens (tertiary/aromatic N) is 2. The molecule has 0 N–H and O–H groups in total. The molecule has 0 saturated carbocycles. The largest absolute Gasteiger partial charge is 0.459 e. The highest BCUT2D eigenvalue weighted by Gasteiger charge is 2.66. The van der Waals surface area contributed by atoms with Gasteiger partial charge in [-0.2, -0.15) is 0 Å². The van der Waals surface area contributed by atoms with E-state index in [1.807, 2.05) is 0 Å². The van der Waals surface area contributed by atoms with Crippen molar-refractivity contribution in [1.82, 2.24) is 4.90 Å². The minimum Gasteiger partial charge on any atom is -0.459 e. The fourth-order valence-electron chi connectivity index (χ4n) is 1.69. The monoisotopic (exact) mass is 276 g/mol. The lowest BCUT2D eigenvalue weighted by Crippen LogP contribution is -2.73. The van der Waals surface area contributed by atoms with Crippen LogP contribution in [0.4, 0.5) is 0 Å². The average molecular weight is 277 g/mol. The number of hydrogen-bond acceptors (Lipinski definition) is 6. The fraction of sp³-hybridized carbons (Fsp3) is 0.556. The normalized spacial score (nSPS) is 29.9. The lowest BCUT2D eigenvalue weighted by molar-refractivity contribution is -0.172. The van der Waals surface area contributed by atoms with E-state index in [0.29, 0.717) is 0 Å². The van der Waals surface area contributed by atoms with Gasteiger partial charge in [-0.1, -0.05) is 11.8 Å². The number of esters is 1. The Morgan fingerprint density at radius 1 is 1.71 bits per heavy atom. The summed E-state index contributed by atoms with van der Waals surface area (Å²) < 4.78 is 4.56. The molecule has 2 atom stereocenters. The maximum Gasteiger partial charge on any atom is 0.397 e. The van der Waals surface area contributed by atoms with Crippen molar-refractivity contribution in [3.63, 3.8) is 0 Å². The summed E-state index contributed by atoms with van der Waals surface area (Å²) in [6.45, 7) is 1.67. The van der Waals surface area contributed by atoms with Gasteiger partial charge >= 0.3 is 11.9 Å². The summed E-state index contributed by atoms with van der Waals surface area (Å²) in [5, 5.41) is -0.524. The number of carbonyl (C=O) groups is 3. The Morgan fingerprint density at radius 3 is 3.00 bits per heavy atom. The summed E-state index contributed by atoms with van der Waals surface area (Å²) in [5.74, 6) is -2.54. The summed E-state index contributed by atoms with van der Waals surface area (Å²) >= 11 is 6.89. The number of likely N-dealkylation sites (tertiary alicyclic amines) is 1. The fourth-order valence-corrected chi connectivity index (χ4v) is 3.26. The number of rotatable bonds is 2. The Hall–Kier alpha value is -1.08. The highest BCUT2D eigenvalue weighted by Crippen LogP contribution is 2.45. The number of alkyl halides is 1. The molecule has 2 unspecified atom stereocenters. The van der Waals surface area contributed by atoms with E-state index in [2.05, 4.69) is 9.73 Å². The maximum absolute atomic E-state index is 11.8. The molecule has 8 heteroatoms. The number of fused-ring (bicyclic) bond motifs is 1. The Bertz CT molecular complexity index is 427. The van der Waals surface area contributed by atoms with Crippen LogP contribution in [0.1, 0.15) is 6.92 Å². The first-order chi connectivity index (χ1) is 8.08. The second-order valence-electron chi connectivity index (χ2n) is 3.48. The summed E-state index contributed by atoms with van der Waals surface area (Å²) in [6.07, 6.45) is 0. The van der Waals surface area contributed by atoms with E-state index >= 15 is 0 Å². The zero-order chi connectivity index (χ0) is 12.6. The molecule has 2 aliphatic rings. The van der Waals surface area contributed by atoms with Gasteiger partial charge in [0.25, 0.3) is 5.91 Å². The van der Waals surface area contributed by atoms with Gasteiger partial charge in [0.1, 0.15) is 5.37 Å². The molecule has 2 heterocycles. The molecule has 2 aliphatic heterocycles. The molecule has 0 aliphatic carbocycles. The van der Waals surface area contributed by atoms with Crippen LogP contribution in [-0.2, 0) is 19.1 Å². The van der Waals surface area contributed by atoms with E-state index < -0.39 is 28.7 Å². The molecule has 0 aromatic carbocycles. The van der Waals surface area contributed by atoms with E-state index in [0.717, 1.165) is 4.90 Å². The molecule has 0 radical (unpaired) electrons. The summed E-state index contributed by atoms with van der Waals surface area (Å²) in [6, 6.07) is 0. The standard InChI is InChI=1S/C9H9ClN2O4S/c1-2-16-6(14)5(13)12-7(15)9(3-10)8(12)17-4-11-9/h4,8H,2-3H2,1H3. The van der Waals surface area contributed by atoms with Gasteiger partial charge in [-0.15, -0.1) is 11.6 Å². The van der Waals surface area contributed by atoms with Crippen LogP contribution in [-0.4, -0.2) is 51.6 Å². The number of imide groups is 1.